The van der Waals surface area contributed by atoms with Gasteiger partial charge in [0.15, 0.2) is 9.84 Å². The van der Waals surface area contributed by atoms with Crippen LogP contribution >= 0.6 is 0 Å². The second-order valence-electron chi connectivity index (χ2n) is 5.56. The molecule has 0 amide bonds. The van der Waals surface area contributed by atoms with Gasteiger partial charge in [-0.2, -0.15) is 0 Å². The van der Waals surface area contributed by atoms with Gasteiger partial charge >= 0.3 is 6.92 Å². The normalized spacial score (nSPS) is 14.2. The van der Waals surface area contributed by atoms with Crippen molar-refractivity contribution in [3.8, 4) is 0 Å². The van der Waals surface area contributed by atoms with Gasteiger partial charge in [-0.3, -0.25) is 4.79 Å². The average molecular weight is 317 g/mol. The fourth-order valence-corrected chi connectivity index (χ4v) is 4.31. The van der Waals surface area contributed by atoms with Crippen molar-refractivity contribution in [3.05, 3.63) is 57.5 Å². The van der Waals surface area contributed by atoms with Crippen LogP contribution in [0.4, 0.5) is 0 Å². The van der Waals surface area contributed by atoms with Crippen LogP contribution in [0.15, 0.2) is 40.0 Å². The zero-order valence-corrected chi connectivity index (χ0v) is 13.2. The van der Waals surface area contributed by atoms with E-state index in [0.29, 0.717) is 12.3 Å². The maximum absolute atomic E-state index is 12.6. The van der Waals surface area contributed by atoms with Crippen LogP contribution in [-0.4, -0.2) is 20.3 Å². The van der Waals surface area contributed by atoms with Crippen molar-refractivity contribution in [1.82, 2.24) is 4.98 Å². The Bertz CT molecular complexity index is 889. The monoisotopic (exact) mass is 317 g/mol. The van der Waals surface area contributed by atoms with Crippen LogP contribution in [0.25, 0.3) is 0 Å². The fraction of sp³-hybridized carbons (Fsp3) is 0.267. The summed E-state index contributed by atoms with van der Waals surface area (Å²) in [6, 6.07) is 8.23. The molecule has 5 nitrogen and oxygen atoms in total. The van der Waals surface area contributed by atoms with Crippen LogP contribution in [0, 0.1) is 6.92 Å². The number of pyridine rings is 1. The molecule has 114 valence electrons. The first-order chi connectivity index (χ1) is 10.4. The van der Waals surface area contributed by atoms with Crippen molar-refractivity contribution >= 4 is 22.2 Å². The van der Waals surface area contributed by atoms with Gasteiger partial charge in [0.1, 0.15) is 0 Å². The molecule has 1 aliphatic heterocycles. The molecule has 0 atom stereocenters. The lowest BCUT2D eigenvalue weighted by atomic mass is 9.64. The van der Waals surface area contributed by atoms with E-state index in [9.17, 15) is 13.2 Å². The Morgan fingerprint density at radius 3 is 2.77 bits per heavy atom. The third-order valence-electron chi connectivity index (χ3n) is 3.90. The second kappa shape index (κ2) is 5.41. The summed E-state index contributed by atoms with van der Waals surface area (Å²) >= 11 is 0. The number of aromatic amines is 1. The highest BCUT2D eigenvalue weighted by molar-refractivity contribution is 7.90. The molecule has 0 bridgehead atoms. The molecule has 0 radical (unpaired) electrons. The van der Waals surface area contributed by atoms with E-state index in [0.717, 1.165) is 16.6 Å². The molecule has 0 aliphatic carbocycles. The number of hydrogen-bond acceptors (Lipinski definition) is 4. The van der Waals surface area contributed by atoms with E-state index >= 15 is 0 Å². The van der Waals surface area contributed by atoms with Crippen LogP contribution in [0.2, 0.25) is 6.82 Å². The summed E-state index contributed by atoms with van der Waals surface area (Å²) in [5, 5.41) is 0. The van der Waals surface area contributed by atoms with E-state index in [-0.39, 0.29) is 23.1 Å². The minimum absolute atomic E-state index is 0.00697. The van der Waals surface area contributed by atoms with Crippen LogP contribution in [0.1, 0.15) is 16.8 Å². The number of rotatable bonds is 3. The maximum Gasteiger partial charge on any atom is 0.324 e. The van der Waals surface area contributed by atoms with Gasteiger partial charge in [-0.15, -0.1) is 0 Å². The largest absolute Gasteiger partial charge is 0.427 e. The lowest BCUT2D eigenvalue weighted by Crippen LogP contribution is -2.25. The summed E-state index contributed by atoms with van der Waals surface area (Å²) < 4.78 is 30.7. The van der Waals surface area contributed by atoms with Crippen LogP contribution in [-0.2, 0) is 26.9 Å². The van der Waals surface area contributed by atoms with Crippen molar-refractivity contribution in [2.24, 2.45) is 0 Å². The summed E-state index contributed by atoms with van der Waals surface area (Å²) in [7, 11) is -3.51. The second-order valence-corrected chi connectivity index (χ2v) is 7.52. The van der Waals surface area contributed by atoms with Crippen molar-refractivity contribution in [2.45, 2.75) is 31.0 Å². The number of fused-ring (bicyclic) bond motifs is 1. The smallest absolute Gasteiger partial charge is 0.324 e. The highest BCUT2D eigenvalue weighted by Crippen LogP contribution is 2.19. The first kappa shape index (κ1) is 15.1. The predicted octanol–water partition coefficient (Wildman–Crippen LogP) is 1.02. The van der Waals surface area contributed by atoms with Gasteiger partial charge in [-0.05, 0) is 29.6 Å². The highest BCUT2D eigenvalue weighted by atomic mass is 32.2. The number of sulfone groups is 1. The molecule has 1 N–H and O–H groups in total. The van der Waals surface area contributed by atoms with E-state index < -0.39 is 9.84 Å². The molecule has 0 fully saturated rings. The van der Waals surface area contributed by atoms with Gasteiger partial charge in [-0.1, -0.05) is 25.0 Å². The fourth-order valence-electron chi connectivity index (χ4n) is 2.75. The lowest BCUT2D eigenvalue weighted by molar-refractivity contribution is 0.333. The maximum atomic E-state index is 12.6. The number of benzene rings is 1. The summed E-state index contributed by atoms with van der Waals surface area (Å²) in [5.41, 5.74) is 2.94. The van der Waals surface area contributed by atoms with Crippen molar-refractivity contribution in [1.29, 1.82) is 0 Å². The molecule has 1 aromatic heterocycles. The summed E-state index contributed by atoms with van der Waals surface area (Å²) in [5.74, 6) is -0.0973. The minimum Gasteiger partial charge on any atom is -0.427 e. The number of H-pyrrole nitrogens is 1. The van der Waals surface area contributed by atoms with Gasteiger partial charge in [0, 0.05) is 11.8 Å². The van der Waals surface area contributed by atoms with Gasteiger partial charge in [0.05, 0.1) is 17.3 Å². The van der Waals surface area contributed by atoms with Crippen LogP contribution in [0.5, 0.6) is 0 Å². The van der Waals surface area contributed by atoms with E-state index in [2.05, 4.69) is 4.98 Å². The topological polar surface area (TPSA) is 76.2 Å². The number of nitrogens with one attached hydrogen (secondary N) is 1. The van der Waals surface area contributed by atoms with Crippen molar-refractivity contribution in [3.63, 3.8) is 0 Å². The van der Waals surface area contributed by atoms with E-state index in [1.54, 1.807) is 6.92 Å². The standard InChI is InChI=1S/C15H16BNO4S/c1-10-14(5-6-15(18)17-10)22(19,20)9-11-3-4-12-8-21-16(2)13(12)7-11/h3-7H,8-9H2,1-2H3,(H,17,18). The molecule has 0 saturated heterocycles. The molecule has 1 aliphatic rings. The summed E-state index contributed by atoms with van der Waals surface area (Å²) in [4.78, 5) is 13.9. The molecule has 2 aromatic rings. The lowest BCUT2D eigenvalue weighted by Gasteiger charge is -2.09. The Hall–Kier alpha value is -1.86. The van der Waals surface area contributed by atoms with E-state index in [1.807, 2.05) is 25.0 Å². The Kier molecular flexibility index (Phi) is 3.70. The molecule has 2 heterocycles. The Labute approximate surface area is 129 Å². The highest BCUT2D eigenvalue weighted by Gasteiger charge is 2.25. The SMILES string of the molecule is CB1OCc2ccc(CS(=O)(=O)c3ccc(=O)[nH]c3C)cc21. The van der Waals surface area contributed by atoms with Crippen molar-refractivity contribution < 1.29 is 13.1 Å². The van der Waals surface area contributed by atoms with E-state index in [4.69, 9.17) is 4.65 Å². The number of hydrogen-bond donors (Lipinski definition) is 1. The molecule has 7 heteroatoms. The molecule has 22 heavy (non-hydrogen) atoms. The zero-order chi connectivity index (χ0) is 15.9. The third kappa shape index (κ3) is 2.74. The van der Waals surface area contributed by atoms with Crippen molar-refractivity contribution in [2.75, 3.05) is 0 Å². The molecule has 0 unspecified atom stereocenters. The van der Waals surface area contributed by atoms with Gasteiger partial charge in [-0.25, -0.2) is 8.42 Å². The summed E-state index contributed by atoms with van der Waals surface area (Å²) in [6.07, 6.45) is 0. The third-order valence-corrected chi connectivity index (χ3v) is 5.72. The average Bonchev–Trinajstić information content (AvgIpc) is 2.79. The number of aryl methyl sites for hydroxylation is 1. The number of aromatic nitrogens is 1. The Morgan fingerprint density at radius 1 is 1.27 bits per heavy atom. The Morgan fingerprint density at radius 2 is 2.05 bits per heavy atom. The summed E-state index contributed by atoms with van der Waals surface area (Å²) in [6.45, 7) is 4.11. The van der Waals surface area contributed by atoms with Crippen LogP contribution < -0.4 is 11.0 Å². The minimum atomic E-state index is -3.51. The first-order valence-electron chi connectivity index (χ1n) is 7.03. The molecule has 1 aromatic carbocycles. The van der Waals surface area contributed by atoms with Gasteiger partial charge in [0.25, 0.3) is 0 Å². The molecule has 0 saturated carbocycles. The zero-order valence-electron chi connectivity index (χ0n) is 12.4. The quantitative estimate of drug-likeness (QED) is 0.858. The molecular formula is C15H16BNO4S. The molecule has 3 rings (SSSR count). The van der Waals surface area contributed by atoms with Crippen LogP contribution in [0.3, 0.4) is 0 Å². The Balaban J connectivity index is 1.95. The van der Waals surface area contributed by atoms with E-state index in [1.165, 1.54) is 12.1 Å². The molecule has 0 spiro atoms. The predicted molar refractivity (Wildman–Crippen MR) is 85.2 cm³/mol. The van der Waals surface area contributed by atoms with Gasteiger partial charge in [0.2, 0.25) is 5.56 Å². The molecular weight excluding hydrogens is 301 g/mol. The van der Waals surface area contributed by atoms with Gasteiger partial charge < -0.3 is 9.64 Å². The first-order valence-corrected chi connectivity index (χ1v) is 8.68.